The minimum absolute atomic E-state index is 0.0828. The van der Waals surface area contributed by atoms with Gasteiger partial charge in [0.1, 0.15) is 0 Å². The lowest BCUT2D eigenvalue weighted by atomic mass is 10.2. The molecule has 0 unspecified atom stereocenters. The molecule has 0 atom stereocenters. The molecule has 0 fully saturated rings. The zero-order chi connectivity index (χ0) is 14.7. The monoisotopic (exact) mass is 308 g/mol. The second-order valence-corrected chi connectivity index (χ2v) is 5.97. The van der Waals surface area contributed by atoms with E-state index in [0.717, 1.165) is 27.2 Å². The molecule has 1 heterocycles. The van der Waals surface area contributed by atoms with Crippen molar-refractivity contribution in [3.05, 3.63) is 40.2 Å². The highest BCUT2D eigenvalue weighted by Gasteiger charge is 2.11. The van der Waals surface area contributed by atoms with E-state index in [9.17, 15) is 4.79 Å². The average molecular weight is 309 g/mol. The number of benzene rings is 1. The van der Waals surface area contributed by atoms with E-state index in [0.29, 0.717) is 17.8 Å². The molecule has 0 saturated carbocycles. The number of carbonyl (C=O) groups excluding carboxylic acids is 1. The fourth-order valence-electron chi connectivity index (χ4n) is 2.08. The number of thiazole rings is 1. The minimum atomic E-state index is -0.0828. The van der Waals surface area contributed by atoms with Gasteiger partial charge in [0.2, 0.25) is 5.91 Å². The van der Waals surface area contributed by atoms with Crippen molar-refractivity contribution in [3.8, 4) is 0 Å². The number of nitrogens with zero attached hydrogens (tertiary/aromatic N) is 2. The van der Waals surface area contributed by atoms with Crippen LogP contribution in [-0.4, -0.2) is 10.5 Å². The molecule has 0 N–H and O–H groups in total. The normalized spacial score (nSPS) is 12.1. The van der Waals surface area contributed by atoms with Gasteiger partial charge in [0.25, 0.3) is 0 Å². The van der Waals surface area contributed by atoms with Gasteiger partial charge in [0.15, 0.2) is 4.80 Å². The number of allylic oxidation sites excluding steroid dienone is 1. The highest BCUT2D eigenvalue weighted by atomic mass is 35.5. The first-order chi connectivity index (χ1) is 9.58. The molecule has 2 aromatic rings. The Labute approximate surface area is 127 Å². The van der Waals surface area contributed by atoms with E-state index in [-0.39, 0.29) is 5.91 Å². The van der Waals surface area contributed by atoms with Crippen LogP contribution in [0.15, 0.2) is 29.8 Å². The van der Waals surface area contributed by atoms with Crippen LogP contribution >= 0.6 is 22.9 Å². The predicted molar refractivity (Wildman–Crippen MR) is 85.2 cm³/mol. The van der Waals surface area contributed by atoms with Crippen molar-refractivity contribution < 1.29 is 4.79 Å². The smallest absolute Gasteiger partial charge is 0.248 e. The van der Waals surface area contributed by atoms with Crippen molar-refractivity contribution >= 4 is 39.1 Å². The summed E-state index contributed by atoms with van der Waals surface area (Å²) in [6, 6.07) is 3.85. The number of rotatable bonds is 4. The lowest BCUT2D eigenvalue weighted by molar-refractivity contribution is -0.118. The number of aromatic nitrogens is 1. The van der Waals surface area contributed by atoms with Gasteiger partial charge < -0.3 is 4.57 Å². The van der Waals surface area contributed by atoms with Gasteiger partial charge in [-0.05, 0) is 31.0 Å². The van der Waals surface area contributed by atoms with Crippen LogP contribution in [0.4, 0.5) is 0 Å². The van der Waals surface area contributed by atoms with E-state index >= 15 is 0 Å². The van der Waals surface area contributed by atoms with E-state index < -0.39 is 0 Å². The largest absolute Gasteiger partial charge is 0.312 e. The Hall–Kier alpha value is -1.39. The number of hydrogen-bond acceptors (Lipinski definition) is 2. The molecule has 106 valence electrons. The van der Waals surface area contributed by atoms with Gasteiger partial charge in [0, 0.05) is 18.0 Å². The topological polar surface area (TPSA) is 34.4 Å². The molecule has 20 heavy (non-hydrogen) atoms. The van der Waals surface area contributed by atoms with E-state index in [4.69, 9.17) is 11.6 Å². The molecular formula is C15H17ClN2OS. The van der Waals surface area contributed by atoms with Crippen LogP contribution in [0.1, 0.15) is 25.3 Å². The first-order valence-corrected chi connectivity index (χ1v) is 7.74. The minimum Gasteiger partial charge on any atom is -0.312 e. The molecule has 0 aliphatic heterocycles. The highest BCUT2D eigenvalue weighted by molar-refractivity contribution is 7.16. The molecule has 0 saturated heterocycles. The Kier molecular flexibility index (Phi) is 4.78. The summed E-state index contributed by atoms with van der Waals surface area (Å²) in [6.07, 6.45) is 3.08. The van der Waals surface area contributed by atoms with Gasteiger partial charge in [-0.3, -0.25) is 4.79 Å². The highest BCUT2D eigenvalue weighted by Crippen LogP contribution is 2.27. The first kappa shape index (κ1) is 15.0. The molecule has 2 rings (SSSR count). The van der Waals surface area contributed by atoms with Gasteiger partial charge in [-0.2, -0.15) is 4.99 Å². The van der Waals surface area contributed by atoms with Gasteiger partial charge in [-0.15, -0.1) is 6.58 Å². The summed E-state index contributed by atoms with van der Waals surface area (Å²) in [6.45, 7) is 8.34. The summed E-state index contributed by atoms with van der Waals surface area (Å²) in [7, 11) is 0. The summed E-state index contributed by atoms with van der Waals surface area (Å²) in [5.74, 6) is -0.0828. The molecule has 0 spiro atoms. The average Bonchev–Trinajstić information content (AvgIpc) is 2.74. The number of amides is 1. The van der Waals surface area contributed by atoms with Crippen molar-refractivity contribution in [1.82, 2.24) is 4.57 Å². The van der Waals surface area contributed by atoms with Crippen molar-refractivity contribution in [1.29, 1.82) is 0 Å². The third kappa shape index (κ3) is 2.86. The molecule has 1 aromatic carbocycles. The second-order valence-electron chi connectivity index (χ2n) is 4.56. The third-order valence-corrected chi connectivity index (χ3v) is 4.48. The van der Waals surface area contributed by atoms with E-state index in [1.165, 1.54) is 11.3 Å². The van der Waals surface area contributed by atoms with Gasteiger partial charge >= 0.3 is 0 Å². The summed E-state index contributed by atoms with van der Waals surface area (Å²) < 4.78 is 3.08. The fraction of sp³-hybridized carbons (Fsp3) is 0.333. The summed E-state index contributed by atoms with van der Waals surface area (Å²) in [4.78, 5) is 16.7. The summed E-state index contributed by atoms with van der Waals surface area (Å²) >= 11 is 7.70. The Bertz CT molecular complexity index is 727. The zero-order valence-electron chi connectivity index (χ0n) is 11.6. The Morgan fingerprint density at radius 3 is 2.95 bits per heavy atom. The van der Waals surface area contributed by atoms with Gasteiger partial charge in [-0.25, -0.2) is 0 Å². The first-order valence-electron chi connectivity index (χ1n) is 6.55. The Morgan fingerprint density at radius 2 is 2.30 bits per heavy atom. The third-order valence-electron chi connectivity index (χ3n) is 3.03. The molecule has 0 bridgehead atoms. The molecule has 5 heteroatoms. The zero-order valence-corrected chi connectivity index (χ0v) is 13.2. The molecule has 3 nitrogen and oxygen atoms in total. The van der Waals surface area contributed by atoms with Crippen LogP contribution in [0.3, 0.4) is 0 Å². The lowest BCUT2D eigenvalue weighted by Gasteiger charge is -2.05. The van der Waals surface area contributed by atoms with Crippen LogP contribution < -0.4 is 4.80 Å². The summed E-state index contributed by atoms with van der Waals surface area (Å²) in [5, 5.41) is 0.722. The molecule has 1 aromatic heterocycles. The molecule has 0 aliphatic rings. The van der Waals surface area contributed by atoms with Crippen molar-refractivity contribution in [2.45, 2.75) is 33.2 Å². The standard InChI is InChI=1S/C15H17ClN2OS/c1-4-6-13(19)17-15-18(9-5-2)14-10(3)11(16)7-8-12(14)20-15/h5,7-8H,2,4,6,9H2,1,3H3. The van der Waals surface area contributed by atoms with Crippen LogP contribution in [0, 0.1) is 6.92 Å². The number of hydrogen-bond donors (Lipinski definition) is 0. The maximum Gasteiger partial charge on any atom is 0.248 e. The van der Waals surface area contributed by atoms with Crippen molar-refractivity contribution in [3.63, 3.8) is 0 Å². The number of halogens is 1. The SMILES string of the molecule is C=CCn1c(=NC(=O)CCC)sc2ccc(Cl)c(C)c21. The quantitative estimate of drug-likeness (QED) is 0.784. The van der Waals surface area contributed by atoms with Gasteiger partial charge in [-0.1, -0.05) is 35.9 Å². The van der Waals surface area contributed by atoms with Gasteiger partial charge in [0.05, 0.1) is 10.2 Å². The molecular weight excluding hydrogens is 292 g/mol. The van der Waals surface area contributed by atoms with Crippen molar-refractivity contribution in [2.24, 2.45) is 4.99 Å². The van der Waals surface area contributed by atoms with E-state index in [1.807, 2.05) is 30.5 Å². The number of aryl methyl sites for hydroxylation is 1. The van der Waals surface area contributed by atoms with Crippen molar-refractivity contribution in [2.75, 3.05) is 0 Å². The summed E-state index contributed by atoms with van der Waals surface area (Å²) in [5.41, 5.74) is 2.04. The van der Waals surface area contributed by atoms with Crippen LogP contribution in [-0.2, 0) is 11.3 Å². The maximum absolute atomic E-state index is 11.8. The maximum atomic E-state index is 11.8. The van der Waals surface area contributed by atoms with E-state index in [2.05, 4.69) is 11.6 Å². The second kappa shape index (κ2) is 6.37. The molecule has 1 amide bonds. The fourth-order valence-corrected chi connectivity index (χ4v) is 3.34. The molecule has 0 aliphatic carbocycles. The van der Waals surface area contributed by atoms with Crippen LogP contribution in [0.5, 0.6) is 0 Å². The Morgan fingerprint density at radius 1 is 1.55 bits per heavy atom. The van der Waals surface area contributed by atoms with Crippen LogP contribution in [0.2, 0.25) is 5.02 Å². The van der Waals surface area contributed by atoms with Crippen LogP contribution in [0.25, 0.3) is 10.2 Å². The number of carbonyl (C=O) groups is 1. The Balaban J connectivity index is 2.72. The lowest BCUT2D eigenvalue weighted by Crippen LogP contribution is -2.16. The molecule has 0 radical (unpaired) electrons. The number of fused-ring (bicyclic) bond motifs is 1. The van der Waals surface area contributed by atoms with E-state index in [1.54, 1.807) is 6.08 Å². The predicted octanol–water partition coefficient (Wildman–Crippen LogP) is 4.08.